The first-order valence-corrected chi connectivity index (χ1v) is 6.54. The first kappa shape index (κ1) is 14.5. The van der Waals surface area contributed by atoms with Crippen LogP contribution in [0.4, 0.5) is 15.8 Å². The lowest BCUT2D eigenvalue weighted by molar-refractivity contribution is -0.118. The van der Waals surface area contributed by atoms with Crippen molar-refractivity contribution >= 4 is 23.2 Å². The Labute approximate surface area is 116 Å². The van der Waals surface area contributed by atoms with E-state index in [0.717, 1.165) is 19.3 Å². The van der Waals surface area contributed by atoms with Crippen molar-refractivity contribution in [1.82, 2.24) is 0 Å². The molecule has 2 amide bonds. The van der Waals surface area contributed by atoms with Crippen LogP contribution in [0.3, 0.4) is 0 Å². The Bertz CT molecular complexity index is 541. The normalized spacial score (nSPS) is 16.1. The van der Waals surface area contributed by atoms with Crippen LogP contribution < -0.4 is 16.4 Å². The third-order valence-electron chi connectivity index (χ3n) is 3.42. The molecule has 4 N–H and O–H groups in total. The molecule has 0 heterocycles. The molecule has 20 heavy (non-hydrogen) atoms. The molecule has 5 nitrogen and oxygen atoms in total. The highest BCUT2D eigenvalue weighted by molar-refractivity contribution is 5.94. The fourth-order valence-corrected chi connectivity index (χ4v) is 2.22. The van der Waals surface area contributed by atoms with Crippen molar-refractivity contribution in [3.63, 3.8) is 0 Å². The first-order valence-electron chi connectivity index (χ1n) is 6.54. The second-order valence-electron chi connectivity index (χ2n) is 5.32. The van der Waals surface area contributed by atoms with Crippen LogP contribution in [0.2, 0.25) is 0 Å². The van der Waals surface area contributed by atoms with Crippen LogP contribution in [0, 0.1) is 5.82 Å². The number of nitrogens with one attached hydrogen (secondary N) is 2. The van der Waals surface area contributed by atoms with Gasteiger partial charge >= 0.3 is 0 Å². The number of amides is 2. The molecule has 0 unspecified atom stereocenters. The van der Waals surface area contributed by atoms with Gasteiger partial charge in [0, 0.05) is 24.6 Å². The number of hydrogen-bond acceptors (Lipinski definition) is 3. The molecule has 0 radical (unpaired) electrons. The Morgan fingerprint density at radius 3 is 2.60 bits per heavy atom. The molecule has 1 fully saturated rings. The van der Waals surface area contributed by atoms with Crippen LogP contribution in [0.15, 0.2) is 18.2 Å². The van der Waals surface area contributed by atoms with E-state index in [9.17, 15) is 14.0 Å². The second-order valence-corrected chi connectivity index (χ2v) is 5.32. The predicted molar refractivity (Wildman–Crippen MR) is 74.7 cm³/mol. The Balaban J connectivity index is 2.03. The van der Waals surface area contributed by atoms with Gasteiger partial charge in [-0.3, -0.25) is 9.59 Å². The summed E-state index contributed by atoms with van der Waals surface area (Å²) < 4.78 is 13.6. The summed E-state index contributed by atoms with van der Waals surface area (Å²) in [4.78, 5) is 22.8. The molecule has 1 aliphatic carbocycles. The van der Waals surface area contributed by atoms with E-state index >= 15 is 0 Å². The zero-order chi connectivity index (χ0) is 14.8. The summed E-state index contributed by atoms with van der Waals surface area (Å²) in [5, 5.41) is 5.04. The minimum absolute atomic E-state index is 0.0455. The van der Waals surface area contributed by atoms with Crippen molar-refractivity contribution in [3.05, 3.63) is 24.0 Å². The molecule has 0 aliphatic heterocycles. The van der Waals surface area contributed by atoms with Crippen LogP contribution in [-0.4, -0.2) is 17.4 Å². The summed E-state index contributed by atoms with van der Waals surface area (Å²) in [6.45, 7) is 1.36. The minimum atomic E-state index is -0.549. The van der Waals surface area contributed by atoms with E-state index in [4.69, 9.17) is 5.73 Å². The SMILES string of the molecule is CC(=O)Nc1ccc(F)c(NC(=O)CC2(N)CCC2)c1. The average molecular weight is 279 g/mol. The first-order chi connectivity index (χ1) is 9.38. The van der Waals surface area contributed by atoms with Gasteiger partial charge in [0.2, 0.25) is 11.8 Å². The standard InChI is InChI=1S/C14H18FN3O2/c1-9(19)17-10-3-4-11(15)12(7-10)18-13(20)8-14(16)5-2-6-14/h3-4,7H,2,5-6,8,16H2,1H3,(H,17,19)(H,18,20). The van der Waals surface area contributed by atoms with E-state index in [1.165, 1.54) is 25.1 Å². The molecule has 1 saturated carbocycles. The monoisotopic (exact) mass is 279 g/mol. The van der Waals surface area contributed by atoms with Gasteiger partial charge in [0.1, 0.15) is 5.82 Å². The lowest BCUT2D eigenvalue weighted by Gasteiger charge is -2.37. The van der Waals surface area contributed by atoms with Crippen LogP contribution in [0.1, 0.15) is 32.6 Å². The molecule has 0 aromatic heterocycles. The maximum absolute atomic E-state index is 13.6. The van der Waals surface area contributed by atoms with E-state index in [-0.39, 0.29) is 23.9 Å². The summed E-state index contributed by atoms with van der Waals surface area (Å²) in [7, 11) is 0. The Morgan fingerprint density at radius 2 is 2.05 bits per heavy atom. The second kappa shape index (κ2) is 5.58. The van der Waals surface area contributed by atoms with Crippen molar-refractivity contribution < 1.29 is 14.0 Å². The van der Waals surface area contributed by atoms with Gasteiger partial charge in [-0.15, -0.1) is 0 Å². The lowest BCUT2D eigenvalue weighted by Crippen LogP contribution is -2.48. The molecule has 6 heteroatoms. The maximum atomic E-state index is 13.6. The number of anilines is 2. The van der Waals surface area contributed by atoms with Crippen molar-refractivity contribution in [1.29, 1.82) is 0 Å². The predicted octanol–water partition coefficient (Wildman–Crippen LogP) is 1.99. The van der Waals surface area contributed by atoms with Crippen molar-refractivity contribution in [3.8, 4) is 0 Å². The van der Waals surface area contributed by atoms with Gasteiger partial charge in [0.05, 0.1) is 5.69 Å². The van der Waals surface area contributed by atoms with E-state index in [1.54, 1.807) is 0 Å². The van der Waals surface area contributed by atoms with Crippen LogP contribution in [0.5, 0.6) is 0 Å². The van der Waals surface area contributed by atoms with Crippen LogP contribution in [-0.2, 0) is 9.59 Å². The molecular formula is C14H18FN3O2. The largest absolute Gasteiger partial charge is 0.326 e. The highest BCUT2D eigenvalue weighted by Crippen LogP contribution is 2.32. The summed E-state index contributed by atoms with van der Waals surface area (Å²) in [5.74, 6) is -1.12. The maximum Gasteiger partial charge on any atom is 0.226 e. The topological polar surface area (TPSA) is 84.2 Å². The number of nitrogens with two attached hydrogens (primary N) is 1. The van der Waals surface area contributed by atoms with Gasteiger partial charge in [0.15, 0.2) is 0 Å². The van der Waals surface area contributed by atoms with E-state index in [0.29, 0.717) is 5.69 Å². The zero-order valence-electron chi connectivity index (χ0n) is 11.3. The van der Waals surface area contributed by atoms with Gasteiger partial charge in [-0.05, 0) is 37.5 Å². The zero-order valence-corrected chi connectivity index (χ0v) is 11.3. The molecule has 0 bridgehead atoms. The van der Waals surface area contributed by atoms with Crippen LogP contribution >= 0.6 is 0 Å². The number of benzene rings is 1. The van der Waals surface area contributed by atoms with Gasteiger partial charge in [-0.1, -0.05) is 0 Å². The van der Waals surface area contributed by atoms with Crippen molar-refractivity contribution in [2.45, 2.75) is 38.1 Å². The van der Waals surface area contributed by atoms with Gasteiger partial charge in [-0.2, -0.15) is 0 Å². The summed E-state index contributed by atoms with van der Waals surface area (Å²) >= 11 is 0. The van der Waals surface area contributed by atoms with Crippen LogP contribution in [0.25, 0.3) is 0 Å². The number of hydrogen-bond donors (Lipinski definition) is 3. The molecule has 0 atom stereocenters. The van der Waals surface area contributed by atoms with Crippen molar-refractivity contribution in [2.24, 2.45) is 5.73 Å². The Kier molecular flexibility index (Phi) is 4.04. The molecule has 1 aliphatic rings. The highest BCUT2D eigenvalue weighted by Gasteiger charge is 2.34. The summed E-state index contributed by atoms with van der Waals surface area (Å²) in [6, 6.07) is 4.02. The molecule has 0 spiro atoms. The summed E-state index contributed by atoms with van der Waals surface area (Å²) in [6.07, 6.45) is 2.83. The molecule has 1 aromatic rings. The Hall–Kier alpha value is -1.95. The fraction of sp³-hybridized carbons (Fsp3) is 0.429. The number of carbonyl (C=O) groups is 2. The number of halogens is 1. The average Bonchev–Trinajstić information content (AvgIpc) is 2.30. The van der Waals surface area contributed by atoms with Gasteiger partial charge < -0.3 is 16.4 Å². The third-order valence-corrected chi connectivity index (χ3v) is 3.42. The molecule has 1 aromatic carbocycles. The molecule has 0 saturated heterocycles. The number of rotatable bonds is 4. The van der Waals surface area contributed by atoms with E-state index in [1.807, 2.05) is 0 Å². The minimum Gasteiger partial charge on any atom is -0.326 e. The lowest BCUT2D eigenvalue weighted by atomic mass is 9.75. The summed E-state index contributed by atoms with van der Waals surface area (Å²) in [5.41, 5.74) is 6.01. The fourth-order valence-electron chi connectivity index (χ4n) is 2.22. The number of carbonyl (C=O) groups excluding carboxylic acids is 2. The van der Waals surface area contributed by atoms with Gasteiger partial charge in [0.25, 0.3) is 0 Å². The molecular weight excluding hydrogens is 261 g/mol. The third kappa shape index (κ3) is 3.54. The van der Waals surface area contributed by atoms with Crippen molar-refractivity contribution in [2.75, 3.05) is 10.6 Å². The smallest absolute Gasteiger partial charge is 0.226 e. The highest BCUT2D eigenvalue weighted by atomic mass is 19.1. The van der Waals surface area contributed by atoms with E-state index < -0.39 is 11.4 Å². The molecule has 2 rings (SSSR count). The molecule has 108 valence electrons. The van der Waals surface area contributed by atoms with Gasteiger partial charge in [-0.25, -0.2) is 4.39 Å². The Morgan fingerprint density at radius 1 is 1.35 bits per heavy atom. The quantitative estimate of drug-likeness (QED) is 0.788. The van der Waals surface area contributed by atoms with E-state index in [2.05, 4.69) is 10.6 Å².